The minimum atomic E-state index is -0.202. The van der Waals surface area contributed by atoms with Crippen LogP contribution >= 0.6 is 11.3 Å². The van der Waals surface area contributed by atoms with E-state index in [9.17, 15) is 4.79 Å². The van der Waals surface area contributed by atoms with Crippen molar-refractivity contribution in [1.82, 2.24) is 10.4 Å². The molecule has 1 amide bonds. The van der Waals surface area contributed by atoms with Crippen molar-refractivity contribution in [2.75, 3.05) is 13.7 Å². The molecular formula is C17H21N3O3S. The second kappa shape index (κ2) is 9.02. The van der Waals surface area contributed by atoms with E-state index in [2.05, 4.69) is 15.5 Å². The van der Waals surface area contributed by atoms with Crippen LogP contribution in [0.25, 0.3) is 0 Å². The Kier molecular flexibility index (Phi) is 6.74. The van der Waals surface area contributed by atoms with Gasteiger partial charge in [-0.1, -0.05) is 6.92 Å². The van der Waals surface area contributed by atoms with Crippen LogP contribution in [0.3, 0.4) is 0 Å². The Morgan fingerprint density at radius 1 is 1.42 bits per heavy atom. The van der Waals surface area contributed by atoms with Crippen molar-refractivity contribution in [3.8, 4) is 11.5 Å². The molecule has 0 bridgehead atoms. The predicted octanol–water partition coefficient (Wildman–Crippen LogP) is 2.94. The number of hydrogen-bond acceptors (Lipinski definition) is 6. The van der Waals surface area contributed by atoms with Gasteiger partial charge >= 0.3 is 0 Å². The lowest BCUT2D eigenvalue weighted by Gasteiger charge is -2.10. The Hall–Kier alpha value is -2.41. The largest absolute Gasteiger partial charge is 0.493 e. The second-order valence-electron chi connectivity index (χ2n) is 5.09. The quantitative estimate of drug-likeness (QED) is 0.589. The van der Waals surface area contributed by atoms with Gasteiger partial charge in [-0.25, -0.2) is 10.4 Å². The van der Waals surface area contributed by atoms with Gasteiger partial charge in [-0.3, -0.25) is 4.79 Å². The highest BCUT2D eigenvalue weighted by Crippen LogP contribution is 2.27. The molecule has 7 heteroatoms. The number of nitrogens with one attached hydrogen (secondary N) is 1. The van der Waals surface area contributed by atoms with Crippen LogP contribution in [-0.2, 0) is 11.2 Å². The molecule has 0 fully saturated rings. The molecular weight excluding hydrogens is 326 g/mol. The first-order valence-electron chi connectivity index (χ1n) is 7.66. The number of carbonyl (C=O) groups excluding carboxylic acids is 1. The number of amides is 1. The summed E-state index contributed by atoms with van der Waals surface area (Å²) in [6.07, 6.45) is 2.71. The van der Waals surface area contributed by atoms with Gasteiger partial charge in [0.15, 0.2) is 11.5 Å². The summed E-state index contributed by atoms with van der Waals surface area (Å²) in [5.41, 5.74) is 4.06. The van der Waals surface area contributed by atoms with Gasteiger partial charge in [0.05, 0.1) is 37.1 Å². The third-order valence-electron chi connectivity index (χ3n) is 3.06. The van der Waals surface area contributed by atoms with E-state index in [0.717, 1.165) is 22.7 Å². The zero-order chi connectivity index (χ0) is 17.4. The molecule has 0 aliphatic carbocycles. The van der Waals surface area contributed by atoms with Crippen LogP contribution in [0.4, 0.5) is 0 Å². The number of nitrogens with zero attached hydrogens (tertiary/aromatic N) is 2. The van der Waals surface area contributed by atoms with E-state index in [0.29, 0.717) is 18.1 Å². The van der Waals surface area contributed by atoms with E-state index in [1.54, 1.807) is 13.3 Å². The third-order valence-corrected chi connectivity index (χ3v) is 3.88. The Morgan fingerprint density at radius 2 is 2.25 bits per heavy atom. The fraction of sp³-hybridized carbons (Fsp3) is 0.353. The molecule has 2 rings (SSSR count). The van der Waals surface area contributed by atoms with Gasteiger partial charge in [-0.15, -0.1) is 11.3 Å². The molecule has 0 aliphatic rings. The van der Waals surface area contributed by atoms with Crippen LogP contribution < -0.4 is 14.9 Å². The van der Waals surface area contributed by atoms with E-state index in [4.69, 9.17) is 9.47 Å². The highest BCUT2D eigenvalue weighted by molar-refractivity contribution is 7.09. The minimum absolute atomic E-state index is 0.202. The van der Waals surface area contributed by atoms with Crippen molar-refractivity contribution in [2.24, 2.45) is 5.10 Å². The Morgan fingerprint density at radius 3 is 2.92 bits per heavy atom. The number of aromatic nitrogens is 1. The molecule has 1 heterocycles. The van der Waals surface area contributed by atoms with E-state index < -0.39 is 0 Å². The lowest BCUT2D eigenvalue weighted by molar-refractivity contribution is -0.120. The van der Waals surface area contributed by atoms with Gasteiger partial charge in [0.1, 0.15) is 0 Å². The van der Waals surface area contributed by atoms with Crippen LogP contribution in [0.5, 0.6) is 11.5 Å². The summed E-state index contributed by atoms with van der Waals surface area (Å²) in [5, 5.41) is 6.78. The van der Waals surface area contributed by atoms with Crippen molar-refractivity contribution in [2.45, 2.75) is 26.7 Å². The van der Waals surface area contributed by atoms with Crippen LogP contribution in [0.1, 0.15) is 29.6 Å². The smallest absolute Gasteiger partial charge is 0.246 e. The van der Waals surface area contributed by atoms with E-state index in [1.165, 1.54) is 11.3 Å². The summed E-state index contributed by atoms with van der Waals surface area (Å²) in [5.74, 6) is 1.13. The van der Waals surface area contributed by atoms with Gasteiger partial charge in [0.25, 0.3) is 0 Å². The maximum atomic E-state index is 11.8. The van der Waals surface area contributed by atoms with E-state index in [-0.39, 0.29) is 12.3 Å². The Labute approximate surface area is 145 Å². The van der Waals surface area contributed by atoms with Crippen LogP contribution in [0.15, 0.2) is 28.7 Å². The number of rotatable bonds is 8. The fourth-order valence-corrected chi connectivity index (χ4v) is 2.58. The molecule has 24 heavy (non-hydrogen) atoms. The summed E-state index contributed by atoms with van der Waals surface area (Å²) in [4.78, 5) is 16.1. The lowest BCUT2D eigenvalue weighted by Crippen LogP contribution is -2.19. The summed E-state index contributed by atoms with van der Waals surface area (Å²) < 4.78 is 10.9. The maximum absolute atomic E-state index is 11.8. The second-order valence-corrected chi connectivity index (χ2v) is 6.15. The molecule has 1 aromatic carbocycles. The normalized spacial score (nSPS) is 10.8. The first-order chi connectivity index (χ1) is 11.6. The van der Waals surface area contributed by atoms with Crippen LogP contribution in [-0.4, -0.2) is 30.8 Å². The first kappa shape index (κ1) is 17.9. The van der Waals surface area contributed by atoms with E-state index >= 15 is 0 Å². The molecule has 1 aromatic heterocycles. The molecule has 0 radical (unpaired) electrons. The molecule has 0 saturated carbocycles. The monoisotopic (exact) mass is 347 g/mol. The Balaban J connectivity index is 1.92. The van der Waals surface area contributed by atoms with Crippen molar-refractivity contribution < 1.29 is 14.3 Å². The predicted molar refractivity (Wildman–Crippen MR) is 95.1 cm³/mol. The number of thiazole rings is 1. The van der Waals surface area contributed by atoms with Gasteiger partial charge in [-0.05, 0) is 37.1 Å². The first-order valence-corrected chi connectivity index (χ1v) is 8.54. The average molecular weight is 347 g/mol. The minimum Gasteiger partial charge on any atom is -0.493 e. The average Bonchev–Trinajstić information content (AvgIpc) is 2.98. The van der Waals surface area contributed by atoms with E-state index in [1.807, 2.05) is 37.4 Å². The summed E-state index contributed by atoms with van der Waals surface area (Å²) in [6.45, 7) is 4.59. The summed E-state index contributed by atoms with van der Waals surface area (Å²) in [6, 6.07) is 5.49. The number of hydrazone groups is 1. The molecule has 1 N–H and O–H groups in total. The topological polar surface area (TPSA) is 72.8 Å². The van der Waals surface area contributed by atoms with Crippen molar-refractivity contribution >= 4 is 23.5 Å². The van der Waals surface area contributed by atoms with Crippen molar-refractivity contribution in [3.05, 3.63) is 39.8 Å². The standard InChI is InChI=1S/C17H21N3O3S/c1-4-7-23-15-6-5-13(8-16(15)22-3)10-18-20-17(21)9-14-11-24-12(2)19-14/h5-6,8,10-11H,4,7,9H2,1-3H3,(H,20,21)/b18-10-. The van der Waals surface area contributed by atoms with Gasteiger partial charge in [0.2, 0.25) is 5.91 Å². The van der Waals surface area contributed by atoms with Crippen molar-refractivity contribution in [1.29, 1.82) is 0 Å². The lowest BCUT2D eigenvalue weighted by atomic mass is 10.2. The molecule has 6 nitrogen and oxygen atoms in total. The SMILES string of the molecule is CCCOc1ccc(/C=N\NC(=O)Cc2csc(C)n2)cc1OC. The highest BCUT2D eigenvalue weighted by Gasteiger charge is 2.06. The molecule has 0 saturated heterocycles. The number of hydrogen-bond donors (Lipinski definition) is 1. The van der Waals surface area contributed by atoms with Crippen LogP contribution in [0.2, 0.25) is 0 Å². The highest BCUT2D eigenvalue weighted by atomic mass is 32.1. The molecule has 2 aromatic rings. The maximum Gasteiger partial charge on any atom is 0.246 e. The van der Waals surface area contributed by atoms with Gasteiger partial charge < -0.3 is 9.47 Å². The Bertz CT molecular complexity index is 713. The fourth-order valence-electron chi connectivity index (χ4n) is 1.97. The van der Waals surface area contributed by atoms with Gasteiger partial charge in [-0.2, -0.15) is 5.10 Å². The molecule has 128 valence electrons. The molecule has 0 spiro atoms. The number of benzene rings is 1. The molecule has 0 atom stereocenters. The zero-order valence-corrected chi connectivity index (χ0v) is 14.9. The number of ether oxygens (including phenoxy) is 2. The van der Waals surface area contributed by atoms with Gasteiger partial charge in [0, 0.05) is 5.38 Å². The molecule has 0 unspecified atom stereocenters. The number of aryl methyl sites for hydroxylation is 1. The number of carbonyl (C=O) groups is 1. The molecule has 0 aliphatic heterocycles. The third kappa shape index (κ3) is 5.34. The number of methoxy groups -OCH3 is 1. The summed E-state index contributed by atoms with van der Waals surface area (Å²) in [7, 11) is 1.59. The summed E-state index contributed by atoms with van der Waals surface area (Å²) >= 11 is 1.52. The van der Waals surface area contributed by atoms with Crippen LogP contribution in [0, 0.1) is 6.92 Å². The zero-order valence-electron chi connectivity index (χ0n) is 14.0. The van der Waals surface area contributed by atoms with Crippen molar-refractivity contribution in [3.63, 3.8) is 0 Å².